The molecule has 0 saturated heterocycles. The van der Waals surface area contributed by atoms with Crippen LogP contribution in [0.4, 0.5) is 5.69 Å². The number of hydrogen-bond acceptors (Lipinski definition) is 4. The summed E-state index contributed by atoms with van der Waals surface area (Å²) in [5, 5.41) is 4.04. The lowest BCUT2D eigenvalue weighted by atomic mass is 10.1. The lowest BCUT2D eigenvalue weighted by molar-refractivity contribution is 0.171. The van der Waals surface area contributed by atoms with Crippen LogP contribution in [0.3, 0.4) is 0 Å². The molecule has 27 heavy (non-hydrogen) atoms. The van der Waals surface area contributed by atoms with Crippen molar-refractivity contribution in [3.8, 4) is 17.2 Å². The number of ether oxygens (including phenoxy) is 3. The second-order valence-corrected chi connectivity index (χ2v) is 6.41. The highest BCUT2D eigenvalue weighted by atomic mass is 127. The monoisotopic (exact) mass is 523 g/mol. The molecule has 0 unspecified atom stereocenters. The van der Waals surface area contributed by atoms with E-state index in [-0.39, 0.29) is 24.0 Å². The summed E-state index contributed by atoms with van der Waals surface area (Å²) in [6.45, 7) is 1.53. The molecule has 0 radical (unpaired) electrons. The third-order valence-electron chi connectivity index (χ3n) is 3.76. The van der Waals surface area contributed by atoms with E-state index in [0.29, 0.717) is 59.4 Å². The van der Waals surface area contributed by atoms with Gasteiger partial charge in [-0.2, -0.15) is 0 Å². The van der Waals surface area contributed by atoms with Gasteiger partial charge in [0.15, 0.2) is 17.5 Å². The molecule has 0 bridgehead atoms. The number of halogens is 3. The minimum Gasteiger partial charge on any atom is -0.495 e. The van der Waals surface area contributed by atoms with Crippen molar-refractivity contribution < 1.29 is 14.2 Å². The number of nitrogens with zero attached hydrogens (tertiary/aromatic N) is 1. The third-order valence-corrected chi connectivity index (χ3v) is 4.34. The fourth-order valence-electron chi connectivity index (χ4n) is 2.55. The first kappa shape index (κ1) is 21.7. The number of anilines is 1. The molecule has 0 aromatic heterocycles. The maximum absolute atomic E-state index is 6.24. The summed E-state index contributed by atoms with van der Waals surface area (Å²) < 4.78 is 16.2. The van der Waals surface area contributed by atoms with Crippen LogP contribution < -0.4 is 25.3 Å². The quantitative estimate of drug-likeness (QED) is 0.346. The van der Waals surface area contributed by atoms with Crippen LogP contribution >= 0.6 is 47.2 Å². The van der Waals surface area contributed by atoms with Crippen molar-refractivity contribution in [2.45, 2.75) is 6.42 Å². The summed E-state index contributed by atoms with van der Waals surface area (Å²) >= 11 is 12.3. The SMILES string of the molecule is COc1ccc(NC(N)=NCCc2cc(Cl)c3c(c2)OCCO3)cc1Cl.I. The summed E-state index contributed by atoms with van der Waals surface area (Å²) in [6.07, 6.45) is 0.669. The van der Waals surface area contributed by atoms with E-state index in [1.807, 2.05) is 18.2 Å². The summed E-state index contributed by atoms with van der Waals surface area (Å²) in [4.78, 5) is 4.32. The number of nitrogens with two attached hydrogens (primary N) is 1. The fraction of sp³-hybridized carbons (Fsp3) is 0.278. The van der Waals surface area contributed by atoms with E-state index < -0.39 is 0 Å². The van der Waals surface area contributed by atoms with E-state index in [9.17, 15) is 0 Å². The van der Waals surface area contributed by atoms with Crippen LogP contribution in [0.15, 0.2) is 35.3 Å². The molecule has 2 aromatic rings. The average molecular weight is 524 g/mol. The maximum atomic E-state index is 6.24. The molecule has 0 aliphatic carbocycles. The molecular weight excluding hydrogens is 504 g/mol. The van der Waals surface area contributed by atoms with Gasteiger partial charge < -0.3 is 25.3 Å². The molecule has 6 nitrogen and oxygen atoms in total. The standard InChI is InChI=1S/C18H19Cl2N3O3.HI/c1-24-15-3-2-12(10-13(15)19)23-18(21)22-5-4-11-8-14(20)17-16(9-11)25-6-7-26-17;/h2-3,8-10H,4-7H2,1H3,(H3,21,22,23);1H. The van der Waals surface area contributed by atoms with E-state index >= 15 is 0 Å². The lowest BCUT2D eigenvalue weighted by Gasteiger charge is -2.20. The van der Waals surface area contributed by atoms with Gasteiger partial charge in [-0.3, -0.25) is 4.99 Å². The minimum atomic E-state index is 0. The number of nitrogens with one attached hydrogen (secondary N) is 1. The second kappa shape index (κ2) is 10.1. The van der Waals surface area contributed by atoms with Gasteiger partial charge in [-0.05, 0) is 42.3 Å². The number of guanidine groups is 1. The molecule has 2 aromatic carbocycles. The van der Waals surface area contributed by atoms with Gasteiger partial charge in [-0.15, -0.1) is 24.0 Å². The number of methoxy groups -OCH3 is 1. The Morgan fingerprint density at radius 1 is 1.19 bits per heavy atom. The first-order valence-electron chi connectivity index (χ1n) is 8.05. The predicted molar refractivity (Wildman–Crippen MR) is 120 cm³/mol. The lowest BCUT2D eigenvalue weighted by Crippen LogP contribution is -2.23. The Kier molecular flexibility index (Phi) is 8.12. The molecule has 1 aliphatic rings. The van der Waals surface area contributed by atoms with E-state index in [2.05, 4.69) is 10.3 Å². The van der Waals surface area contributed by atoms with Gasteiger partial charge in [-0.1, -0.05) is 23.2 Å². The number of rotatable bonds is 5. The normalized spacial score (nSPS) is 12.9. The zero-order valence-corrected chi connectivity index (χ0v) is 18.5. The van der Waals surface area contributed by atoms with Crippen LogP contribution in [-0.4, -0.2) is 32.8 Å². The third kappa shape index (κ3) is 5.70. The van der Waals surface area contributed by atoms with Crippen molar-refractivity contribution in [1.82, 2.24) is 0 Å². The van der Waals surface area contributed by atoms with Gasteiger partial charge in [-0.25, -0.2) is 0 Å². The second-order valence-electron chi connectivity index (χ2n) is 5.59. The van der Waals surface area contributed by atoms with Crippen molar-refractivity contribution >= 4 is 58.8 Å². The first-order chi connectivity index (χ1) is 12.6. The van der Waals surface area contributed by atoms with Crippen LogP contribution in [0.25, 0.3) is 0 Å². The van der Waals surface area contributed by atoms with E-state index in [1.165, 1.54) is 0 Å². The highest BCUT2D eigenvalue weighted by molar-refractivity contribution is 14.0. The van der Waals surface area contributed by atoms with Gasteiger partial charge >= 0.3 is 0 Å². The van der Waals surface area contributed by atoms with Gasteiger partial charge in [0.25, 0.3) is 0 Å². The van der Waals surface area contributed by atoms with Crippen molar-refractivity contribution in [3.63, 3.8) is 0 Å². The largest absolute Gasteiger partial charge is 0.495 e. The molecule has 0 amide bonds. The van der Waals surface area contributed by atoms with Gasteiger partial charge in [0.1, 0.15) is 19.0 Å². The van der Waals surface area contributed by atoms with E-state index in [0.717, 1.165) is 11.3 Å². The zero-order chi connectivity index (χ0) is 18.5. The Hall–Kier alpha value is -1.58. The minimum absolute atomic E-state index is 0. The highest BCUT2D eigenvalue weighted by Crippen LogP contribution is 2.38. The topological polar surface area (TPSA) is 78.1 Å². The van der Waals surface area contributed by atoms with Crippen molar-refractivity contribution in [2.75, 3.05) is 32.2 Å². The van der Waals surface area contributed by atoms with Crippen LogP contribution in [0.2, 0.25) is 10.0 Å². The Morgan fingerprint density at radius 3 is 2.70 bits per heavy atom. The summed E-state index contributed by atoms with van der Waals surface area (Å²) in [7, 11) is 1.56. The smallest absolute Gasteiger partial charge is 0.193 e. The molecule has 3 rings (SSSR count). The van der Waals surface area contributed by atoms with Gasteiger partial charge in [0.2, 0.25) is 0 Å². The molecular formula is C18H20Cl2IN3O3. The maximum Gasteiger partial charge on any atom is 0.193 e. The molecule has 0 atom stereocenters. The molecule has 1 aliphatic heterocycles. The molecule has 3 N–H and O–H groups in total. The van der Waals surface area contributed by atoms with Crippen molar-refractivity contribution in [3.05, 3.63) is 45.9 Å². The molecule has 1 heterocycles. The molecule has 0 saturated carbocycles. The Morgan fingerprint density at radius 2 is 1.96 bits per heavy atom. The Labute approximate surface area is 185 Å². The van der Waals surface area contributed by atoms with Crippen LogP contribution in [0, 0.1) is 0 Å². The van der Waals surface area contributed by atoms with E-state index in [1.54, 1.807) is 19.2 Å². The Bertz CT molecular complexity index is 834. The van der Waals surface area contributed by atoms with Crippen molar-refractivity contribution in [1.29, 1.82) is 0 Å². The number of aliphatic imine (C=N–C) groups is 1. The van der Waals surface area contributed by atoms with E-state index in [4.69, 9.17) is 43.1 Å². The van der Waals surface area contributed by atoms with Gasteiger partial charge in [0.05, 0.1) is 17.2 Å². The molecule has 0 spiro atoms. The summed E-state index contributed by atoms with van der Waals surface area (Å²) in [6, 6.07) is 9.08. The number of hydrogen-bond donors (Lipinski definition) is 2. The Balaban J connectivity index is 0.00000261. The molecule has 146 valence electrons. The first-order valence-corrected chi connectivity index (χ1v) is 8.81. The average Bonchev–Trinajstić information content (AvgIpc) is 2.62. The van der Waals surface area contributed by atoms with Crippen molar-refractivity contribution in [2.24, 2.45) is 10.7 Å². The fourth-order valence-corrected chi connectivity index (χ4v) is 3.09. The zero-order valence-electron chi connectivity index (χ0n) is 14.6. The van der Waals surface area contributed by atoms with Gasteiger partial charge in [0, 0.05) is 12.2 Å². The summed E-state index contributed by atoms with van der Waals surface area (Å²) in [5.41, 5.74) is 7.66. The molecule has 9 heteroatoms. The van der Waals surface area contributed by atoms with Crippen LogP contribution in [0.5, 0.6) is 17.2 Å². The van der Waals surface area contributed by atoms with Crippen LogP contribution in [0.1, 0.15) is 5.56 Å². The highest BCUT2D eigenvalue weighted by Gasteiger charge is 2.16. The van der Waals surface area contributed by atoms with Crippen LogP contribution in [-0.2, 0) is 6.42 Å². The molecule has 0 fully saturated rings. The number of benzene rings is 2. The number of fused-ring (bicyclic) bond motifs is 1. The predicted octanol–water partition coefficient (Wildman–Crippen LogP) is 4.36. The summed E-state index contributed by atoms with van der Waals surface area (Å²) in [5.74, 6) is 2.17.